The summed E-state index contributed by atoms with van der Waals surface area (Å²) in [7, 11) is -3.82. The van der Waals surface area contributed by atoms with E-state index in [0.29, 0.717) is 25.8 Å². The smallest absolute Gasteiger partial charge is 0.317 e. The minimum atomic E-state index is -4.48. The molecule has 9 heteroatoms. The van der Waals surface area contributed by atoms with Crippen molar-refractivity contribution in [2.24, 2.45) is 0 Å². The number of piperidine rings is 1. The number of nitrogens with one attached hydrogen (secondary N) is 1. The summed E-state index contributed by atoms with van der Waals surface area (Å²) in [5, 5.41) is 3.19. The van der Waals surface area contributed by atoms with Gasteiger partial charge in [0, 0.05) is 12.6 Å². The van der Waals surface area contributed by atoms with Crippen LogP contribution in [0.3, 0.4) is 0 Å². The van der Waals surface area contributed by atoms with Crippen LogP contribution < -0.4 is 5.32 Å². The zero-order valence-electron chi connectivity index (χ0n) is 14.3. The number of aryl methyl sites for hydroxylation is 1. The third-order valence-electron chi connectivity index (χ3n) is 4.25. The van der Waals surface area contributed by atoms with E-state index in [0.717, 1.165) is 31.3 Å². The second-order valence-corrected chi connectivity index (χ2v) is 7.93. The van der Waals surface area contributed by atoms with Crippen molar-refractivity contribution in [3.05, 3.63) is 29.3 Å². The van der Waals surface area contributed by atoms with E-state index in [2.05, 4.69) is 5.32 Å². The van der Waals surface area contributed by atoms with Crippen molar-refractivity contribution in [1.29, 1.82) is 0 Å². The lowest BCUT2D eigenvalue weighted by molar-refractivity contribution is -0.137. The van der Waals surface area contributed by atoms with E-state index in [1.165, 1.54) is 11.2 Å². The molecule has 0 radical (unpaired) electrons. The van der Waals surface area contributed by atoms with Gasteiger partial charge in [-0.25, -0.2) is 8.42 Å². The molecule has 1 fully saturated rings. The SMILES string of the molecule is CCCN(C1CCNCC1)S(=O)(=O)c1ccc(C(F)(F)F)cc1C.Cl. The molecule has 1 aromatic rings. The van der Waals surface area contributed by atoms with Crippen LogP contribution in [0.4, 0.5) is 13.2 Å². The number of benzene rings is 1. The number of rotatable bonds is 5. The molecule has 4 nitrogen and oxygen atoms in total. The molecule has 144 valence electrons. The summed E-state index contributed by atoms with van der Waals surface area (Å²) >= 11 is 0. The van der Waals surface area contributed by atoms with Gasteiger partial charge in [-0.15, -0.1) is 12.4 Å². The Bertz CT molecular complexity index is 674. The minimum absolute atomic E-state index is 0. The number of alkyl halides is 3. The van der Waals surface area contributed by atoms with Crippen molar-refractivity contribution in [2.75, 3.05) is 19.6 Å². The fourth-order valence-electron chi connectivity index (χ4n) is 3.06. The molecule has 0 atom stereocenters. The average molecular weight is 401 g/mol. The maximum atomic E-state index is 13.0. The summed E-state index contributed by atoms with van der Waals surface area (Å²) in [6.45, 7) is 5.16. The Labute approximate surface area is 153 Å². The third-order valence-corrected chi connectivity index (χ3v) is 6.36. The number of hydrogen-bond acceptors (Lipinski definition) is 3. The van der Waals surface area contributed by atoms with Gasteiger partial charge in [0.2, 0.25) is 10.0 Å². The molecule has 2 rings (SSSR count). The van der Waals surface area contributed by atoms with Crippen LogP contribution in [0.15, 0.2) is 23.1 Å². The van der Waals surface area contributed by atoms with Gasteiger partial charge in [-0.05, 0) is 63.0 Å². The summed E-state index contributed by atoms with van der Waals surface area (Å²) in [5.74, 6) is 0. The van der Waals surface area contributed by atoms with Gasteiger partial charge in [0.1, 0.15) is 0 Å². The van der Waals surface area contributed by atoms with Crippen molar-refractivity contribution >= 4 is 22.4 Å². The molecule has 25 heavy (non-hydrogen) atoms. The van der Waals surface area contributed by atoms with E-state index in [9.17, 15) is 21.6 Å². The number of sulfonamides is 1. The van der Waals surface area contributed by atoms with Crippen LogP contribution in [0.25, 0.3) is 0 Å². The van der Waals surface area contributed by atoms with Crippen LogP contribution in [0.1, 0.15) is 37.3 Å². The van der Waals surface area contributed by atoms with E-state index >= 15 is 0 Å². The molecule has 0 bridgehead atoms. The maximum Gasteiger partial charge on any atom is 0.416 e. The summed E-state index contributed by atoms with van der Waals surface area (Å²) in [4.78, 5) is -0.0394. The van der Waals surface area contributed by atoms with E-state index in [4.69, 9.17) is 0 Å². The topological polar surface area (TPSA) is 49.4 Å². The molecule has 0 aromatic heterocycles. The van der Waals surface area contributed by atoms with Crippen molar-refractivity contribution in [1.82, 2.24) is 9.62 Å². The van der Waals surface area contributed by atoms with E-state index in [1.807, 2.05) is 6.92 Å². The first-order chi connectivity index (χ1) is 11.2. The Balaban J connectivity index is 0.00000312. The molecule has 0 spiro atoms. The Kier molecular flexibility index (Phi) is 7.73. The summed E-state index contributed by atoms with van der Waals surface area (Å²) in [6.07, 6.45) is -2.41. The van der Waals surface area contributed by atoms with Crippen LogP contribution in [-0.2, 0) is 16.2 Å². The molecule has 1 aromatic carbocycles. The maximum absolute atomic E-state index is 13.0. The molecule has 0 aliphatic carbocycles. The highest BCUT2D eigenvalue weighted by atomic mass is 35.5. The highest BCUT2D eigenvalue weighted by Gasteiger charge is 2.35. The average Bonchev–Trinajstić information content (AvgIpc) is 2.52. The third kappa shape index (κ3) is 5.09. The minimum Gasteiger partial charge on any atom is -0.317 e. The Hall–Kier alpha value is -0.830. The predicted octanol–water partition coefficient (Wildman–Crippen LogP) is 3.59. The van der Waals surface area contributed by atoms with E-state index in [1.54, 1.807) is 0 Å². The normalized spacial score (nSPS) is 16.7. The van der Waals surface area contributed by atoms with Gasteiger partial charge < -0.3 is 5.32 Å². The number of nitrogens with zero attached hydrogens (tertiary/aromatic N) is 1. The Morgan fingerprint density at radius 1 is 1.24 bits per heavy atom. The lowest BCUT2D eigenvalue weighted by Gasteiger charge is -2.34. The van der Waals surface area contributed by atoms with Crippen molar-refractivity contribution in [3.8, 4) is 0 Å². The quantitative estimate of drug-likeness (QED) is 0.821. The molecule has 1 saturated heterocycles. The fraction of sp³-hybridized carbons (Fsp3) is 0.625. The second-order valence-electron chi connectivity index (χ2n) is 6.07. The monoisotopic (exact) mass is 400 g/mol. The van der Waals surface area contributed by atoms with Gasteiger partial charge in [0.05, 0.1) is 10.5 Å². The molecule has 1 N–H and O–H groups in total. The molecule has 0 unspecified atom stereocenters. The molecular formula is C16H24ClF3N2O2S. The van der Waals surface area contributed by atoms with E-state index < -0.39 is 21.8 Å². The lowest BCUT2D eigenvalue weighted by atomic mass is 10.1. The van der Waals surface area contributed by atoms with Crippen LogP contribution in [0.2, 0.25) is 0 Å². The highest BCUT2D eigenvalue weighted by Crippen LogP contribution is 2.33. The first-order valence-corrected chi connectivity index (χ1v) is 9.52. The second kappa shape index (κ2) is 8.70. The number of halogens is 4. The summed E-state index contributed by atoms with van der Waals surface area (Å²) < 4.78 is 65.9. The van der Waals surface area contributed by atoms with Gasteiger partial charge in [-0.1, -0.05) is 6.92 Å². The molecule has 0 amide bonds. The molecular weight excluding hydrogens is 377 g/mol. The predicted molar refractivity (Wildman–Crippen MR) is 93.5 cm³/mol. The van der Waals surface area contributed by atoms with Crippen molar-refractivity contribution in [2.45, 2.75) is 50.2 Å². The van der Waals surface area contributed by atoms with Crippen LogP contribution >= 0.6 is 12.4 Å². The van der Waals surface area contributed by atoms with Crippen molar-refractivity contribution in [3.63, 3.8) is 0 Å². The highest BCUT2D eigenvalue weighted by molar-refractivity contribution is 7.89. The van der Waals surface area contributed by atoms with Gasteiger partial charge in [-0.2, -0.15) is 17.5 Å². The number of hydrogen-bond donors (Lipinski definition) is 1. The van der Waals surface area contributed by atoms with Crippen LogP contribution in [0, 0.1) is 6.92 Å². The van der Waals surface area contributed by atoms with Crippen molar-refractivity contribution < 1.29 is 21.6 Å². The van der Waals surface area contributed by atoms with E-state index in [-0.39, 0.29) is 28.9 Å². The standard InChI is InChI=1S/C16H23F3N2O2S.ClH/c1-3-10-21(14-6-8-20-9-7-14)24(22,23)15-5-4-13(11-12(15)2)16(17,18)19;/h4-5,11,14,20H,3,6-10H2,1-2H3;1H. The lowest BCUT2D eigenvalue weighted by Crippen LogP contribution is -2.46. The zero-order chi connectivity index (χ0) is 18.0. The van der Waals surface area contributed by atoms with Gasteiger partial charge in [0.25, 0.3) is 0 Å². The summed E-state index contributed by atoms with van der Waals surface area (Å²) in [6, 6.07) is 2.71. The van der Waals surface area contributed by atoms with Gasteiger partial charge >= 0.3 is 6.18 Å². The zero-order valence-corrected chi connectivity index (χ0v) is 15.9. The molecule has 1 aliphatic rings. The molecule has 0 saturated carbocycles. The first-order valence-electron chi connectivity index (χ1n) is 8.08. The molecule has 1 aliphatic heterocycles. The van der Waals surface area contributed by atoms with Gasteiger partial charge in [-0.3, -0.25) is 0 Å². The fourth-order valence-corrected chi connectivity index (χ4v) is 5.04. The van der Waals surface area contributed by atoms with Crippen LogP contribution in [0.5, 0.6) is 0 Å². The van der Waals surface area contributed by atoms with Crippen LogP contribution in [-0.4, -0.2) is 38.4 Å². The van der Waals surface area contributed by atoms with Gasteiger partial charge in [0.15, 0.2) is 0 Å². The summed E-state index contributed by atoms with van der Waals surface area (Å²) in [5.41, 5.74) is -0.706. The first kappa shape index (κ1) is 22.2. The largest absolute Gasteiger partial charge is 0.416 e. The Morgan fingerprint density at radius 2 is 1.84 bits per heavy atom. The molecule has 1 heterocycles. The Morgan fingerprint density at radius 3 is 2.32 bits per heavy atom.